The first-order chi connectivity index (χ1) is 13.4. The number of rotatable bonds is 8. The van der Waals surface area contributed by atoms with E-state index in [2.05, 4.69) is 15.6 Å². The van der Waals surface area contributed by atoms with Gasteiger partial charge in [-0.05, 0) is 55.3 Å². The van der Waals surface area contributed by atoms with E-state index in [1.165, 1.54) is 24.3 Å². The van der Waals surface area contributed by atoms with E-state index in [4.69, 9.17) is 4.74 Å². The van der Waals surface area contributed by atoms with E-state index in [0.717, 1.165) is 12.0 Å². The molecule has 28 heavy (non-hydrogen) atoms. The number of carbonyl (C=O) groups is 2. The van der Waals surface area contributed by atoms with Gasteiger partial charge >= 0.3 is 0 Å². The molecule has 150 valence electrons. The average Bonchev–Trinajstić information content (AvgIpc) is 2.71. The second-order valence-electron chi connectivity index (χ2n) is 5.78. The zero-order chi connectivity index (χ0) is 20.6. The van der Waals surface area contributed by atoms with Crippen LogP contribution in [0.3, 0.4) is 0 Å². The number of aryl methyl sites for hydroxylation is 1. The number of ether oxygens (including phenoxy) is 1. The molecule has 9 heteroatoms. The zero-order valence-corrected chi connectivity index (χ0v) is 16.5. The largest absolute Gasteiger partial charge is 0.494 e. The van der Waals surface area contributed by atoms with Gasteiger partial charge in [0.15, 0.2) is 0 Å². The Morgan fingerprint density at radius 1 is 0.929 bits per heavy atom. The van der Waals surface area contributed by atoms with Gasteiger partial charge in [-0.15, -0.1) is 0 Å². The van der Waals surface area contributed by atoms with Gasteiger partial charge in [0, 0.05) is 5.56 Å². The highest BCUT2D eigenvalue weighted by molar-refractivity contribution is 7.89. The summed E-state index contributed by atoms with van der Waals surface area (Å²) >= 11 is 0. The summed E-state index contributed by atoms with van der Waals surface area (Å²) < 4.78 is 31.8. The molecule has 8 nitrogen and oxygen atoms in total. The van der Waals surface area contributed by atoms with Gasteiger partial charge in [0.1, 0.15) is 5.75 Å². The number of hydrogen-bond acceptors (Lipinski definition) is 5. The lowest BCUT2D eigenvalue weighted by molar-refractivity contribution is -0.120. The first-order valence-electron chi connectivity index (χ1n) is 8.76. The Morgan fingerprint density at radius 2 is 1.57 bits per heavy atom. The van der Waals surface area contributed by atoms with E-state index in [0.29, 0.717) is 17.9 Å². The van der Waals surface area contributed by atoms with Crippen LogP contribution in [-0.2, 0) is 21.2 Å². The van der Waals surface area contributed by atoms with Gasteiger partial charge in [0.2, 0.25) is 10.0 Å². The average molecular weight is 405 g/mol. The maximum Gasteiger partial charge on any atom is 0.269 e. The van der Waals surface area contributed by atoms with Gasteiger partial charge in [0.25, 0.3) is 11.8 Å². The lowest BCUT2D eigenvalue weighted by atomic mass is 10.1. The van der Waals surface area contributed by atoms with Crippen molar-refractivity contribution in [3.8, 4) is 5.75 Å². The number of sulfonamides is 1. The van der Waals surface area contributed by atoms with Crippen molar-refractivity contribution in [2.75, 3.05) is 13.2 Å². The van der Waals surface area contributed by atoms with E-state index in [1.807, 2.05) is 26.0 Å². The molecule has 2 amide bonds. The molecule has 0 fully saturated rings. The Labute approximate surface area is 164 Å². The summed E-state index contributed by atoms with van der Waals surface area (Å²) in [5, 5.41) is 0. The van der Waals surface area contributed by atoms with Crippen LogP contribution < -0.4 is 20.3 Å². The van der Waals surface area contributed by atoms with Gasteiger partial charge in [0.05, 0.1) is 18.0 Å². The Balaban J connectivity index is 1.84. The van der Waals surface area contributed by atoms with E-state index in [-0.39, 0.29) is 4.90 Å². The topological polar surface area (TPSA) is 114 Å². The van der Waals surface area contributed by atoms with Crippen LogP contribution in [0.1, 0.15) is 29.8 Å². The molecule has 2 aromatic rings. The van der Waals surface area contributed by atoms with Gasteiger partial charge < -0.3 is 4.74 Å². The van der Waals surface area contributed by atoms with Crippen molar-refractivity contribution in [3.63, 3.8) is 0 Å². The summed E-state index contributed by atoms with van der Waals surface area (Å²) in [6.45, 7) is 3.77. The molecule has 3 N–H and O–H groups in total. The molecule has 0 aromatic heterocycles. The van der Waals surface area contributed by atoms with Crippen molar-refractivity contribution in [2.24, 2.45) is 0 Å². The smallest absolute Gasteiger partial charge is 0.269 e. The highest BCUT2D eigenvalue weighted by Crippen LogP contribution is 2.15. The summed E-state index contributed by atoms with van der Waals surface area (Å²) in [7, 11) is -3.86. The van der Waals surface area contributed by atoms with Crippen LogP contribution >= 0.6 is 0 Å². The fourth-order valence-electron chi connectivity index (χ4n) is 2.26. The molecule has 0 saturated heterocycles. The minimum absolute atomic E-state index is 0.00352. The van der Waals surface area contributed by atoms with Crippen LogP contribution in [0.5, 0.6) is 5.75 Å². The van der Waals surface area contributed by atoms with E-state index < -0.39 is 28.4 Å². The number of benzene rings is 2. The summed E-state index contributed by atoms with van der Waals surface area (Å²) in [5.74, 6) is -0.646. The monoisotopic (exact) mass is 405 g/mol. The molecule has 0 aliphatic carbocycles. The lowest BCUT2D eigenvalue weighted by Crippen LogP contribution is -2.46. The number of hydrazine groups is 1. The molecule has 0 saturated carbocycles. The van der Waals surface area contributed by atoms with Gasteiger partial charge in [-0.3, -0.25) is 20.4 Å². The third-order valence-corrected chi connectivity index (χ3v) is 5.22. The second-order valence-corrected chi connectivity index (χ2v) is 7.55. The molecule has 0 unspecified atom stereocenters. The van der Waals surface area contributed by atoms with E-state index in [1.54, 1.807) is 12.1 Å². The summed E-state index contributed by atoms with van der Waals surface area (Å²) in [6.07, 6.45) is 0.854. The number of hydrogen-bond donors (Lipinski definition) is 3. The van der Waals surface area contributed by atoms with Crippen LogP contribution in [-0.4, -0.2) is 33.4 Å². The van der Waals surface area contributed by atoms with Crippen LogP contribution in [0.15, 0.2) is 53.4 Å². The van der Waals surface area contributed by atoms with Crippen molar-refractivity contribution in [2.45, 2.75) is 25.2 Å². The standard InChI is InChI=1S/C19H23N3O5S/c1-3-14-5-7-15(8-6-14)19(24)22-21-18(23)13-20-28(25,26)17-11-9-16(10-12-17)27-4-2/h5-12,20H,3-4,13H2,1-2H3,(H,21,23)(H,22,24). The third-order valence-electron chi connectivity index (χ3n) is 3.81. The molecule has 0 radical (unpaired) electrons. The molecule has 0 heterocycles. The molecule has 2 rings (SSSR count). The molecule has 0 atom stereocenters. The predicted octanol–water partition coefficient (Wildman–Crippen LogP) is 1.39. The van der Waals surface area contributed by atoms with Crippen LogP contribution in [0.2, 0.25) is 0 Å². The minimum Gasteiger partial charge on any atom is -0.494 e. The summed E-state index contributed by atoms with van der Waals surface area (Å²) in [4.78, 5) is 23.8. The van der Waals surface area contributed by atoms with Crippen molar-refractivity contribution in [1.82, 2.24) is 15.6 Å². The molecule has 0 aliphatic heterocycles. The minimum atomic E-state index is -3.86. The quantitative estimate of drug-likeness (QED) is 0.575. The predicted molar refractivity (Wildman–Crippen MR) is 104 cm³/mol. The number of amides is 2. The maximum atomic E-state index is 12.2. The zero-order valence-electron chi connectivity index (χ0n) is 15.7. The lowest BCUT2D eigenvalue weighted by Gasteiger charge is -2.10. The highest BCUT2D eigenvalue weighted by atomic mass is 32.2. The van der Waals surface area contributed by atoms with Gasteiger partial charge in [-0.25, -0.2) is 13.1 Å². The normalized spacial score (nSPS) is 10.9. The first-order valence-corrected chi connectivity index (χ1v) is 10.2. The van der Waals surface area contributed by atoms with Crippen molar-refractivity contribution in [3.05, 3.63) is 59.7 Å². The Morgan fingerprint density at radius 3 is 2.14 bits per heavy atom. The highest BCUT2D eigenvalue weighted by Gasteiger charge is 2.16. The van der Waals surface area contributed by atoms with Crippen molar-refractivity contribution in [1.29, 1.82) is 0 Å². The first kappa shape index (κ1) is 21.4. The molecular weight excluding hydrogens is 382 g/mol. The molecular formula is C19H23N3O5S. The molecule has 2 aromatic carbocycles. The Kier molecular flexibility index (Phi) is 7.53. The Hall–Kier alpha value is -2.91. The van der Waals surface area contributed by atoms with Crippen molar-refractivity contribution < 1.29 is 22.7 Å². The summed E-state index contributed by atoms with van der Waals surface area (Å²) in [6, 6.07) is 12.8. The summed E-state index contributed by atoms with van der Waals surface area (Å²) in [5.41, 5.74) is 5.89. The maximum absolute atomic E-state index is 12.2. The van der Waals surface area contributed by atoms with Crippen LogP contribution in [0.25, 0.3) is 0 Å². The molecule has 0 spiro atoms. The van der Waals surface area contributed by atoms with Gasteiger partial charge in [-0.1, -0.05) is 19.1 Å². The molecule has 0 bridgehead atoms. The second kappa shape index (κ2) is 9.86. The molecule has 0 aliphatic rings. The van der Waals surface area contributed by atoms with E-state index >= 15 is 0 Å². The SMILES string of the molecule is CCOc1ccc(S(=O)(=O)NCC(=O)NNC(=O)c2ccc(CC)cc2)cc1. The fourth-order valence-corrected chi connectivity index (χ4v) is 3.24. The van der Waals surface area contributed by atoms with Crippen molar-refractivity contribution >= 4 is 21.8 Å². The fraction of sp³-hybridized carbons (Fsp3) is 0.263. The number of nitrogens with one attached hydrogen (secondary N) is 3. The third kappa shape index (κ3) is 6.07. The van der Waals surface area contributed by atoms with Crippen LogP contribution in [0.4, 0.5) is 0 Å². The van der Waals surface area contributed by atoms with Gasteiger partial charge in [-0.2, -0.15) is 0 Å². The Bertz CT molecular complexity index is 910. The van der Waals surface area contributed by atoms with E-state index in [9.17, 15) is 18.0 Å². The van der Waals surface area contributed by atoms with Crippen LogP contribution in [0, 0.1) is 0 Å². The number of carbonyl (C=O) groups excluding carboxylic acids is 2.